The standard InChI is InChI=1S/C15H18F2N2O2/c1-9(15(18)21)19-6-4-10(5-7-19)14(20)12-8-11(16)2-3-13(12)17/h2-3,8-10H,4-7H2,1H3,(H2,18,21)/t9-/m0/s1. The highest BCUT2D eigenvalue weighted by molar-refractivity contribution is 5.98. The molecule has 0 aliphatic carbocycles. The number of Topliss-reactive ketones (excluding diaryl/α,β-unsaturated/α-hetero) is 1. The van der Waals surface area contributed by atoms with Gasteiger partial charge in [-0.15, -0.1) is 0 Å². The highest BCUT2D eigenvalue weighted by atomic mass is 19.1. The number of carbonyl (C=O) groups is 2. The topological polar surface area (TPSA) is 63.4 Å². The lowest BCUT2D eigenvalue weighted by Crippen LogP contribution is -2.47. The molecule has 0 aromatic heterocycles. The largest absolute Gasteiger partial charge is 0.368 e. The Balaban J connectivity index is 2.03. The molecule has 114 valence electrons. The van der Waals surface area contributed by atoms with E-state index >= 15 is 0 Å². The minimum Gasteiger partial charge on any atom is -0.368 e. The molecule has 0 spiro atoms. The molecule has 1 amide bonds. The Morgan fingerprint density at radius 1 is 1.29 bits per heavy atom. The highest BCUT2D eigenvalue weighted by Gasteiger charge is 2.30. The summed E-state index contributed by atoms with van der Waals surface area (Å²) in [5.74, 6) is -2.46. The molecule has 6 heteroatoms. The lowest BCUT2D eigenvalue weighted by molar-refractivity contribution is -0.123. The summed E-state index contributed by atoms with van der Waals surface area (Å²) in [6.07, 6.45) is 1.01. The van der Waals surface area contributed by atoms with Crippen LogP contribution in [0.3, 0.4) is 0 Å². The van der Waals surface area contributed by atoms with Gasteiger partial charge in [-0.05, 0) is 51.1 Å². The zero-order valence-corrected chi connectivity index (χ0v) is 11.8. The van der Waals surface area contributed by atoms with Crippen LogP contribution in [0.5, 0.6) is 0 Å². The van der Waals surface area contributed by atoms with Gasteiger partial charge < -0.3 is 5.73 Å². The van der Waals surface area contributed by atoms with E-state index in [0.717, 1.165) is 18.2 Å². The first-order chi connectivity index (χ1) is 9.90. The van der Waals surface area contributed by atoms with Gasteiger partial charge >= 0.3 is 0 Å². The number of amides is 1. The van der Waals surface area contributed by atoms with Gasteiger partial charge in [0.05, 0.1) is 11.6 Å². The second kappa shape index (κ2) is 6.30. The van der Waals surface area contributed by atoms with Crippen molar-refractivity contribution in [1.82, 2.24) is 4.90 Å². The van der Waals surface area contributed by atoms with Crippen molar-refractivity contribution in [3.05, 3.63) is 35.4 Å². The number of halogens is 2. The normalized spacial score (nSPS) is 18.4. The number of hydrogen-bond acceptors (Lipinski definition) is 3. The van der Waals surface area contributed by atoms with Crippen LogP contribution < -0.4 is 5.73 Å². The van der Waals surface area contributed by atoms with E-state index in [2.05, 4.69) is 0 Å². The smallest absolute Gasteiger partial charge is 0.234 e. The van der Waals surface area contributed by atoms with Crippen molar-refractivity contribution in [3.8, 4) is 0 Å². The summed E-state index contributed by atoms with van der Waals surface area (Å²) in [6, 6.07) is 2.51. The summed E-state index contributed by atoms with van der Waals surface area (Å²) in [5.41, 5.74) is 5.05. The second-order valence-electron chi connectivity index (χ2n) is 5.38. The fraction of sp³-hybridized carbons (Fsp3) is 0.467. The molecule has 4 nitrogen and oxygen atoms in total. The maximum absolute atomic E-state index is 13.6. The van der Waals surface area contributed by atoms with Gasteiger partial charge in [0.2, 0.25) is 5.91 Å². The summed E-state index contributed by atoms with van der Waals surface area (Å²) in [6.45, 7) is 2.80. The van der Waals surface area contributed by atoms with Crippen molar-refractivity contribution in [2.45, 2.75) is 25.8 Å². The average molecular weight is 296 g/mol. The van der Waals surface area contributed by atoms with Crippen LogP contribution in [0, 0.1) is 17.6 Å². The fourth-order valence-electron chi connectivity index (χ4n) is 2.64. The molecular weight excluding hydrogens is 278 g/mol. The Bertz CT molecular complexity index is 555. The van der Waals surface area contributed by atoms with E-state index in [4.69, 9.17) is 5.73 Å². The Labute approximate surface area is 121 Å². The van der Waals surface area contributed by atoms with E-state index < -0.39 is 17.5 Å². The number of nitrogens with two attached hydrogens (primary N) is 1. The number of rotatable bonds is 4. The highest BCUT2D eigenvalue weighted by Crippen LogP contribution is 2.24. The molecule has 1 aliphatic rings. The predicted octanol–water partition coefficient (Wildman–Crippen LogP) is 1.73. The average Bonchev–Trinajstić information content (AvgIpc) is 2.48. The lowest BCUT2D eigenvalue weighted by Gasteiger charge is -2.34. The number of piperidine rings is 1. The van der Waals surface area contributed by atoms with Crippen molar-refractivity contribution in [1.29, 1.82) is 0 Å². The Kier molecular flexibility index (Phi) is 4.67. The summed E-state index contributed by atoms with van der Waals surface area (Å²) in [5, 5.41) is 0. The van der Waals surface area contributed by atoms with Gasteiger partial charge in [-0.3, -0.25) is 14.5 Å². The zero-order chi connectivity index (χ0) is 15.6. The van der Waals surface area contributed by atoms with E-state index in [1.54, 1.807) is 6.92 Å². The summed E-state index contributed by atoms with van der Waals surface area (Å²) in [7, 11) is 0. The summed E-state index contributed by atoms with van der Waals surface area (Å²) in [4.78, 5) is 25.3. The van der Waals surface area contributed by atoms with E-state index in [1.165, 1.54) is 0 Å². The third-order valence-corrected chi connectivity index (χ3v) is 4.05. The molecule has 2 N–H and O–H groups in total. The minimum absolute atomic E-state index is 0.198. The summed E-state index contributed by atoms with van der Waals surface area (Å²) >= 11 is 0. The van der Waals surface area contributed by atoms with E-state index in [9.17, 15) is 18.4 Å². The van der Waals surface area contributed by atoms with E-state index in [-0.39, 0.29) is 23.3 Å². The van der Waals surface area contributed by atoms with Crippen LogP contribution in [0.25, 0.3) is 0 Å². The molecule has 1 aromatic rings. The summed E-state index contributed by atoms with van der Waals surface area (Å²) < 4.78 is 26.8. The number of benzene rings is 1. The number of likely N-dealkylation sites (tertiary alicyclic amines) is 1. The Morgan fingerprint density at radius 2 is 1.90 bits per heavy atom. The van der Waals surface area contributed by atoms with Crippen LogP contribution in [0.2, 0.25) is 0 Å². The van der Waals surface area contributed by atoms with Gasteiger partial charge in [-0.1, -0.05) is 0 Å². The van der Waals surface area contributed by atoms with Gasteiger partial charge in [-0.2, -0.15) is 0 Å². The Morgan fingerprint density at radius 3 is 2.48 bits per heavy atom. The number of ketones is 1. The van der Waals surface area contributed by atoms with Crippen molar-refractivity contribution in [2.75, 3.05) is 13.1 Å². The molecule has 0 unspecified atom stereocenters. The number of hydrogen-bond donors (Lipinski definition) is 1. The van der Waals surface area contributed by atoms with Crippen LogP contribution in [-0.2, 0) is 4.79 Å². The number of primary amides is 1. The molecule has 0 radical (unpaired) electrons. The van der Waals surface area contributed by atoms with Gasteiger partial charge in [0.1, 0.15) is 11.6 Å². The van der Waals surface area contributed by atoms with Crippen LogP contribution in [0.15, 0.2) is 18.2 Å². The first kappa shape index (κ1) is 15.6. The van der Waals surface area contributed by atoms with E-state index in [0.29, 0.717) is 25.9 Å². The molecule has 1 atom stereocenters. The maximum atomic E-state index is 13.6. The second-order valence-corrected chi connectivity index (χ2v) is 5.38. The van der Waals surface area contributed by atoms with Gasteiger partial charge in [-0.25, -0.2) is 8.78 Å². The molecular formula is C15H18F2N2O2. The molecule has 21 heavy (non-hydrogen) atoms. The van der Waals surface area contributed by atoms with Crippen molar-refractivity contribution in [3.63, 3.8) is 0 Å². The SMILES string of the molecule is C[C@@H](C(N)=O)N1CCC(C(=O)c2cc(F)ccc2F)CC1. The molecule has 1 fully saturated rings. The van der Waals surface area contributed by atoms with Crippen molar-refractivity contribution < 1.29 is 18.4 Å². The molecule has 1 heterocycles. The first-order valence-corrected chi connectivity index (χ1v) is 6.92. The molecule has 1 saturated heterocycles. The molecule has 0 saturated carbocycles. The molecule has 1 aromatic carbocycles. The molecule has 1 aliphatic heterocycles. The monoisotopic (exact) mass is 296 g/mol. The quantitative estimate of drug-likeness (QED) is 0.861. The maximum Gasteiger partial charge on any atom is 0.234 e. The van der Waals surface area contributed by atoms with Gasteiger partial charge in [0, 0.05) is 5.92 Å². The third kappa shape index (κ3) is 3.44. The third-order valence-electron chi connectivity index (χ3n) is 4.05. The van der Waals surface area contributed by atoms with E-state index in [1.807, 2.05) is 4.90 Å². The zero-order valence-electron chi connectivity index (χ0n) is 11.8. The lowest BCUT2D eigenvalue weighted by atomic mass is 9.88. The first-order valence-electron chi connectivity index (χ1n) is 6.92. The molecule has 0 bridgehead atoms. The van der Waals surface area contributed by atoms with Crippen LogP contribution >= 0.6 is 0 Å². The fourth-order valence-corrected chi connectivity index (χ4v) is 2.64. The Hall–Kier alpha value is -1.82. The van der Waals surface area contributed by atoms with Gasteiger partial charge in [0.15, 0.2) is 5.78 Å². The minimum atomic E-state index is -0.700. The predicted molar refractivity (Wildman–Crippen MR) is 73.6 cm³/mol. The van der Waals surface area contributed by atoms with Crippen LogP contribution in [-0.4, -0.2) is 35.7 Å². The van der Waals surface area contributed by atoms with Crippen LogP contribution in [0.1, 0.15) is 30.1 Å². The van der Waals surface area contributed by atoms with Gasteiger partial charge in [0.25, 0.3) is 0 Å². The van der Waals surface area contributed by atoms with Crippen molar-refractivity contribution in [2.24, 2.45) is 11.7 Å². The number of carbonyl (C=O) groups excluding carboxylic acids is 2. The number of nitrogens with zero attached hydrogens (tertiary/aromatic N) is 1. The molecule has 2 rings (SSSR count). The van der Waals surface area contributed by atoms with Crippen molar-refractivity contribution >= 4 is 11.7 Å². The van der Waals surface area contributed by atoms with Crippen LogP contribution in [0.4, 0.5) is 8.78 Å².